The van der Waals surface area contributed by atoms with Crippen LogP contribution >= 0.6 is 11.3 Å². The third-order valence-corrected chi connectivity index (χ3v) is 7.21. The van der Waals surface area contributed by atoms with Gasteiger partial charge >= 0.3 is 0 Å². The van der Waals surface area contributed by atoms with Gasteiger partial charge in [-0.2, -0.15) is 0 Å². The molecule has 36 heavy (non-hydrogen) atoms. The first-order valence-corrected chi connectivity index (χ1v) is 12.9. The van der Waals surface area contributed by atoms with Crippen molar-refractivity contribution >= 4 is 39.5 Å². The number of nitrogens with one attached hydrogen (secondary N) is 2. The molecular formula is C27H30N6O2S. The standard InChI is InChI=1S/C27H30N6O2S/c1-4-19-7-5-6-8-21(19)32-27-29-18(2)25(36-27)22-11-12-28-26(31-22)30-20-9-10-23(24(17-20)34-3)33-13-15-35-16-14-33/h5-12,17H,4,13-16H2,1-3H3,(H,29,32)(H,28,30,31). The summed E-state index contributed by atoms with van der Waals surface area (Å²) >= 11 is 1.59. The van der Waals surface area contributed by atoms with E-state index in [1.165, 1.54) is 5.56 Å². The molecule has 2 aromatic carbocycles. The number of aromatic nitrogens is 3. The quantitative estimate of drug-likeness (QED) is 0.313. The summed E-state index contributed by atoms with van der Waals surface area (Å²) in [6.07, 6.45) is 2.72. The molecule has 0 spiro atoms. The number of benzene rings is 2. The fraction of sp³-hybridized carbons (Fsp3) is 0.296. The fourth-order valence-electron chi connectivity index (χ4n) is 4.25. The zero-order valence-electron chi connectivity index (χ0n) is 20.7. The monoisotopic (exact) mass is 502 g/mol. The number of methoxy groups -OCH3 is 1. The maximum absolute atomic E-state index is 5.68. The zero-order valence-corrected chi connectivity index (χ0v) is 21.6. The molecule has 0 atom stereocenters. The average molecular weight is 503 g/mol. The van der Waals surface area contributed by atoms with Crippen molar-refractivity contribution in [3.05, 3.63) is 66.0 Å². The lowest BCUT2D eigenvalue weighted by Crippen LogP contribution is -2.36. The number of rotatable bonds is 8. The highest BCUT2D eigenvalue weighted by atomic mass is 32.1. The van der Waals surface area contributed by atoms with Gasteiger partial charge in [0.25, 0.3) is 0 Å². The number of nitrogens with zero attached hydrogens (tertiary/aromatic N) is 4. The minimum atomic E-state index is 0.521. The van der Waals surface area contributed by atoms with Crippen molar-refractivity contribution in [1.82, 2.24) is 15.0 Å². The normalized spacial score (nSPS) is 13.5. The van der Waals surface area contributed by atoms with Crippen molar-refractivity contribution in [1.29, 1.82) is 0 Å². The third-order valence-electron chi connectivity index (χ3n) is 6.11. The molecule has 0 aliphatic carbocycles. The summed E-state index contributed by atoms with van der Waals surface area (Å²) in [6, 6.07) is 16.3. The van der Waals surface area contributed by atoms with Crippen LogP contribution in [0.25, 0.3) is 10.6 Å². The van der Waals surface area contributed by atoms with E-state index < -0.39 is 0 Å². The maximum Gasteiger partial charge on any atom is 0.227 e. The molecule has 0 saturated carbocycles. The Kier molecular flexibility index (Phi) is 7.29. The van der Waals surface area contributed by atoms with Gasteiger partial charge in [0.05, 0.1) is 42.3 Å². The lowest BCUT2D eigenvalue weighted by molar-refractivity contribution is 0.122. The highest BCUT2D eigenvalue weighted by Gasteiger charge is 2.17. The first-order chi connectivity index (χ1) is 17.6. The lowest BCUT2D eigenvalue weighted by atomic mass is 10.1. The van der Waals surface area contributed by atoms with E-state index in [9.17, 15) is 0 Å². The number of hydrogen-bond acceptors (Lipinski definition) is 9. The van der Waals surface area contributed by atoms with E-state index in [0.717, 1.165) is 76.9 Å². The summed E-state index contributed by atoms with van der Waals surface area (Å²) in [4.78, 5) is 17.2. The van der Waals surface area contributed by atoms with Gasteiger partial charge in [-0.15, -0.1) is 0 Å². The van der Waals surface area contributed by atoms with Crippen molar-refractivity contribution in [2.45, 2.75) is 20.3 Å². The molecule has 0 bridgehead atoms. The first-order valence-electron chi connectivity index (χ1n) is 12.1. The molecule has 0 unspecified atom stereocenters. The van der Waals surface area contributed by atoms with Gasteiger partial charge in [-0.05, 0) is 43.2 Å². The molecule has 1 aliphatic heterocycles. The van der Waals surface area contributed by atoms with Gasteiger partial charge in [0.1, 0.15) is 5.75 Å². The highest BCUT2D eigenvalue weighted by Crippen LogP contribution is 2.35. The molecule has 1 aliphatic rings. The van der Waals surface area contributed by atoms with Crippen LogP contribution in [-0.4, -0.2) is 48.4 Å². The number of morpholine rings is 1. The Hall–Kier alpha value is -3.69. The molecule has 0 amide bonds. The maximum atomic E-state index is 5.68. The van der Waals surface area contributed by atoms with Gasteiger partial charge in [-0.3, -0.25) is 0 Å². The van der Waals surface area contributed by atoms with Crippen LogP contribution < -0.4 is 20.3 Å². The molecule has 0 radical (unpaired) electrons. The molecule has 186 valence electrons. The van der Waals surface area contributed by atoms with E-state index in [1.54, 1.807) is 24.6 Å². The summed E-state index contributed by atoms with van der Waals surface area (Å²) < 4.78 is 11.2. The molecule has 1 saturated heterocycles. The Balaban J connectivity index is 1.35. The molecule has 2 N–H and O–H groups in total. The smallest absolute Gasteiger partial charge is 0.227 e. The number of hydrogen-bond donors (Lipinski definition) is 2. The second-order valence-electron chi connectivity index (χ2n) is 8.45. The van der Waals surface area contributed by atoms with Crippen LogP contribution in [0.1, 0.15) is 18.2 Å². The van der Waals surface area contributed by atoms with Crippen LogP contribution in [0.5, 0.6) is 5.75 Å². The summed E-state index contributed by atoms with van der Waals surface area (Å²) in [6.45, 7) is 7.31. The van der Waals surface area contributed by atoms with E-state index in [-0.39, 0.29) is 0 Å². The third kappa shape index (κ3) is 5.27. The van der Waals surface area contributed by atoms with E-state index in [2.05, 4.69) is 51.7 Å². The predicted octanol–water partition coefficient (Wildman–Crippen LogP) is 5.80. The van der Waals surface area contributed by atoms with E-state index in [0.29, 0.717) is 5.95 Å². The van der Waals surface area contributed by atoms with Crippen LogP contribution in [-0.2, 0) is 11.2 Å². The second-order valence-corrected chi connectivity index (χ2v) is 9.44. The SMILES string of the molecule is CCc1ccccc1Nc1nc(C)c(-c2ccnc(Nc3ccc(N4CCOCC4)c(OC)c3)n2)s1. The van der Waals surface area contributed by atoms with Crippen LogP contribution in [0.3, 0.4) is 0 Å². The topological polar surface area (TPSA) is 84.4 Å². The number of ether oxygens (including phenoxy) is 2. The zero-order chi connectivity index (χ0) is 24.9. The average Bonchev–Trinajstić information content (AvgIpc) is 3.29. The number of aryl methyl sites for hydroxylation is 2. The molecule has 3 heterocycles. The van der Waals surface area contributed by atoms with Gasteiger partial charge in [-0.25, -0.2) is 15.0 Å². The summed E-state index contributed by atoms with van der Waals surface area (Å²) in [5.41, 5.74) is 6.02. The number of anilines is 5. The van der Waals surface area contributed by atoms with Crippen LogP contribution in [0, 0.1) is 6.92 Å². The predicted molar refractivity (Wildman–Crippen MR) is 146 cm³/mol. The minimum absolute atomic E-state index is 0.521. The second kappa shape index (κ2) is 10.9. The van der Waals surface area contributed by atoms with Gasteiger partial charge in [0.15, 0.2) is 5.13 Å². The van der Waals surface area contributed by atoms with Crippen molar-refractivity contribution in [2.24, 2.45) is 0 Å². The highest BCUT2D eigenvalue weighted by molar-refractivity contribution is 7.19. The molecule has 5 rings (SSSR count). The van der Waals surface area contributed by atoms with Gasteiger partial charge < -0.3 is 25.0 Å². The van der Waals surface area contributed by atoms with Crippen molar-refractivity contribution in [3.8, 4) is 16.3 Å². The Morgan fingerprint density at radius 2 is 1.89 bits per heavy atom. The van der Waals surface area contributed by atoms with Crippen molar-refractivity contribution < 1.29 is 9.47 Å². The summed E-state index contributed by atoms with van der Waals surface area (Å²) in [7, 11) is 1.69. The molecule has 9 heteroatoms. The van der Waals surface area contributed by atoms with Crippen molar-refractivity contribution in [3.63, 3.8) is 0 Å². The summed E-state index contributed by atoms with van der Waals surface area (Å²) in [5, 5.41) is 7.65. The Morgan fingerprint density at radius 3 is 2.69 bits per heavy atom. The van der Waals surface area contributed by atoms with Gasteiger partial charge in [0, 0.05) is 36.7 Å². The molecular weight excluding hydrogens is 472 g/mol. The minimum Gasteiger partial charge on any atom is -0.495 e. The van der Waals surface area contributed by atoms with E-state index in [4.69, 9.17) is 19.4 Å². The Morgan fingerprint density at radius 1 is 1.06 bits per heavy atom. The fourth-order valence-corrected chi connectivity index (χ4v) is 5.20. The summed E-state index contributed by atoms with van der Waals surface area (Å²) in [5.74, 6) is 1.33. The first kappa shape index (κ1) is 24.0. The van der Waals surface area contributed by atoms with Crippen molar-refractivity contribution in [2.75, 3.05) is 48.9 Å². The van der Waals surface area contributed by atoms with Crippen LogP contribution in [0.4, 0.5) is 28.1 Å². The van der Waals surface area contributed by atoms with E-state index in [1.807, 2.05) is 31.2 Å². The molecule has 8 nitrogen and oxygen atoms in total. The van der Waals surface area contributed by atoms with Crippen LogP contribution in [0.2, 0.25) is 0 Å². The van der Waals surface area contributed by atoms with E-state index >= 15 is 0 Å². The number of thiazole rings is 1. The van der Waals surface area contributed by atoms with Crippen LogP contribution in [0.15, 0.2) is 54.7 Å². The van der Waals surface area contributed by atoms with Gasteiger partial charge in [0.2, 0.25) is 5.95 Å². The Bertz CT molecular complexity index is 1340. The Labute approximate surface area is 215 Å². The molecule has 2 aromatic heterocycles. The largest absolute Gasteiger partial charge is 0.495 e. The lowest BCUT2D eigenvalue weighted by Gasteiger charge is -2.30. The number of para-hydroxylation sites is 1. The van der Waals surface area contributed by atoms with Gasteiger partial charge in [-0.1, -0.05) is 36.5 Å². The molecule has 4 aromatic rings. The molecule has 1 fully saturated rings.